The van der Waals surface area contributed by atoms with Crippen molar-refractivity contribution in [2.45, 2.75) is 61.3 Å². The molecule has 0 N–H and O–H groups in total. The van der Waals surface area contributed by atoms with Gasteiger partial charge in [-0.05, 0) is 173 Å². The van der Waals surface area contributed by atoms with Gasteiger partial charge < -0.3 is 15.1 Å². The fourth-order valence-corrected chi connectivity index (χ4v) is 8.76. The summed E-state index contributed by atoms with van der Waals surface area (Å²) in [5, 5.41) is 26.8. The Morgan fingerprint density at radius 3 is 0.972 bits per heavy atom. The molecule has 0 atom stereocenters. The Bertz CT molecular complexity index is 2810. The van der Waals surface area contributed by atoms with Crippen LogP contribution in [0.25, 0.3) is 44.5 Å². The Morgan fingerprint density at radius 1 is 0.417 bits per heavy atom. The predicted octanol–water partition coefficient (Wildman–Crippen LogP) is 15.7. The molecule has 0 bridgehead atoms. The van der Waals surface area contributed by atoms with Crippen LogP contribution in [0.5, 0.6) is 11.5 Å². The molecule has 0 spiro atoms. The molecule has 5 nitrogen and oxygen atoms in total. The Kier molecular flexibility index (Phi) is 21.5. The second-order valence-corrected chi connectivity index (χ2v) is 17.6. The maximum Gasteiger partial charge on any atom is 2.00 e. The van der Waals surface area contributed by atoms with Gasteiger partial charge in [-0.25, -0.2) is 0 Å². The summed E-state index contributed by atoms with van der Waals surface area (Å²) >= 11 is 0. The maximum atomic E-state index is 13.4. The van der Waals surface area contributed by atoms with Crippen molar-refractivity contribution in [1.82, 2.24) is 4.90 Å². The fraction of sp³-hybridized carbons (Fsp3) is 0.182. The zero-order valence-electron chi connectivity index (χ0n) is 42.9. The first kappa shape index (κ1) is 55.6. The zero-order chi connectivity index (χ0) is 50.7. The van der Waals surface area contributed by atoms with Crippen LogP contribution in [0, 0.1) is 27.7 Å². The summed E-state index contributed by atoms with van der Waals surface area (Å²) < 4.78 is 0. The molecule has 0 heterocycles. The molecule has 0 amide bonds. The van der Waals surface area contributed by atoms with Crippen LogP contribution in [0.4, 0.5) is 11.4 Å². The molecule has 0 radical (unpaired) electrons. The van der Waals surface area contributed by atoms with E-state index in [1.165, 1.54) is 30.8 Å². The number of nitrogens with zero attached hydrogens (tertiary/aromatic N) is 3. The average molecular weight is 993 g/mol. The number of aliphatic imine (C=N–C) groups is 2. The van der Waals surface area contributed by atoms with Crippen molar-refractivity contribution in [3.63, 3.8) is 0 Å². The van der Waals surface area contributed by atoms with E-state index in [4.69, 9.17) is 9.98 Å². The fourth-order valence-electron chi connectivity index (χ4n) is 8.76. The molecule has 0 fully saturated rings. The van der Waals surface area contributed by atoms with E-state index in [-0.39, 0.29) is 28.0 Å². The summed E-state index contributed by atoms with van der Waals surface area (Å²) in [5.74, 6) is -0.0311. The minimum absolute atomic E-state index is 0. The molecule has 6 heteroatoms. The van der Waals surface area contributed by atoms with Gasteiger partial charge in [-0.2, -0.15) is 0 Å². The van der Waals surface area contributed by atoms with Crippen molar-refractivity contribution in [2.24, 2.45) is 9.98 Å². The van der Waals surface area contributed by atoms with Gasteiger partial charge in [0.05, 0.1) is 11.4 Å². The quantitative estimate of drug-likeness (QED) is 0.0583. The van der Waals surface area contributed by atoms with E-state index >= 15 is 0 Å². The molecule has 0 aromatic heterocycles. The SMILES string of the molecule is C=CCc1cc(C)c(N=Cc2cc(-c3ccccc3)cc(-c3ccccc3)c2[O-])c(C)c1.C=CCc1cc(C)c(N=Cc2cc(-c3ccccc3)cc(-c3ccccc3)c2[O-])c(C)c1.CCN(CC)CC.[Ni+2]. The number of hydrogen-bond acceptors (Lipinski definition) is 5. The topological polar surface area (TPSA) is 74.1 Å². The molecule has 8 aromatic carbocycles. The van der Waals surface area contributed by atoms with Gasteiger partial charge in [0, 0.05) is 12.4 Å². The van der Waals surface area contributed by atoms with Crippen LogP contribution in [-0.4, -0.2) is 37.0 Å². The Hall–Kier alpha value is -7.37. The Morgan fingerprint density at radius 2 is 0.708 bits per heavy atom. The number of allylic oxidation sites excluding steroid dienone is 2. The van der Waals surface area contributed by atoms with Crippen molar-refractivity contribution in [1.29, 1.82) is 0 Å². The smallest absolute Gasteiger partial charge is 0.872 e. The van der Waals surface area contributed by atoms with Crippen LogP contribution in [0.3, 0.4) is 0 Å². The van der Waals surface area contributed by atoms with E-state index in [1.54, 1.807) is 12.4 Å². The zero-order valence-corrected chi connectivity index (χ0v) is 43.9. The van der Waals surface area contributed by atoms with E-state index in [1.807, 2.05) is 133 Å². The van der Waals surface area contributed by atoms with E-state index in [0.717, 1.165) is 79.9 Å². The van der Waals surface area contributed by atoms with Gasteiger partial charge in [-0.1, -0.05) is 190 Å². The average Bonchev–Trinajstić information content (AvgIpc) is 3.39. The van der Waals surface area contributed by atoms with Crippen LogP contribution in [0.1, 0.15) is 65.3 Å². The van der Waals surface area contributed by atoms with Crippen LogP contribution >= 0.6 is 0 Å². The van der Waals surface area contributed by atoms with Crippen molar-refractivity contribution < 1.29 is 26.7 Å². The predicted molar refractivity (Wildman–Crippen MR) is 301 cm³/mol. The molecule has 0 unspecified atom stereocenters. The van der Waals surface area contributed by atoms with Crippen molar-refractivity contribution in [2.75, 3.05) is 19.6 Å². The monoisotopic (exact) mass is 991 g/mol. The van der Waals surface area contributed by atoms with Crippen molar-refractivity contribution in [3.8, 4) is 56.0 Å². The van der Waals surface area contributed by atoms with Crippen LogP contribution in [0.15, 0.2) is 205 Å². The molecule has 0 aliphatic carbocycles. The molecule has 8 rings (SSSR count). The Balaban J connectivity index is 0.000000233. The second-order valence-electron chi connectivity index (χ2n) is 17.6. The van der Waals surface area contributed by atoms with Gasteiger partial charge in [0.25, 0.3) is 0 Å². The van der Waals surface area contributed by atoms with Crippen LogP contribution in [-0.2, 0) is 29.3 Å². The summed E-state index contributed by atoms with van der Waals surface area (Å²) in [5.41, 5.74) is 17.1. The van der Waals surface area contributed by atoms with Gasteiger partial charge in [0.2, 0.25) is 0 Å². The molecule has 72 heavy (non-hydrogen) atoms. The minimum atomic E-state index is -0.0155. The molecule has 0 saturated carbocycles. The summed E-state index contributed by atoms with van der Waals surface area (Å²) in [6.45, 7) is 26.0. The maximum absolute atomic E-state index is 13.4. The molecular formula is C66H67N3NiO2. The molecule has 8 aromatic rings. The van der Waals surface area contributed by atoms with E-state index < -0.39 is 0 Å². The minimum Gasteiger partial charge on any atom is -0.872 e. The summed E-state index contributed by atoms with van der Waals surface area (Å²) in [6.07, 6.45) is 8.89. The normalized spacial score (nSPS) is 10.8. The molecule has 0 saturated heterocycles. The van der Waals surface area contributed by atoms with Crippen LogP contribution < -0.4 is 10.2 Å². The Labute approximate surface area is 439 Å². The second kappa shape index (κ2) is 27.9. The summed E-state index contributed by atoms with van der Waals surface area (Å²) in [6, 6.07) is 56.2. The van der Waals surface area contributed by atoms with Crippen LogP contribution in [0.2, 0.25) is 0 Å². The largest absolute Gasteiger partial charge is 2.00 e. The summed E-state index contributed by atoms with van der Waals surface area (Å²) in [4.78, 5) is 11.9. The van der Waals surface area contributed by atoms with Crippen molar-refractivity contribution >= 4 is 23.8 Å². The number of benzene rings is 8. The van der Waals surface area contributed by atoms with E-state index in [0.29, 0.717) is 22.3 Å². The molecule has 368 valence electrons. The van der Waals surface area contributed by atoms with E-state index in [2.05, 4.69) is 115 Å². The molecular weight excluding hydrogens is 925 g/mol. The van der Waals surface area contributed by atoms with Gasteiger partial charge in [-0.15, -0.1) is 13.2 Å². The molecule has 0 aliphatic heterocycles. The first-order valence-electron chi connectivity index (χ1n) is 24.6. The number of rotatable bonds is 15. The first-order chi connectivity index (χ1) is 34.5. The van der Waals surface area contributed by atoms with Gasteiger partial charge in [-0.3, -0.25) is 9.98 Å². The van der Waals surface area contributed by atoms with Gasteiger partial charge >= 0.3 is 16.5 Å². The standard InChI is InChI=1S/2C30H27NO.C6H15N.Ni/c2*1-4-11-23-16-21(2)29(22(3)17-23)31-20-27-18-26(24-12-7-5-8-13-24)19-28(30(27)32)25-14-9-6-10-15-25;1-4-7(5-2)6-3;/h2*4-10,12-20,32H,1,11H2,2-3H3;4-6H2,1-3H3;/q;;;+2/p-2. The van der Waals surface area contributed by atoms with Gasteiger partial charge in [0.15, 0.2) is 0 Å². The third-order valence-corrected chi connectivity index (χ3v) is 12.5. The third kappa shape index (κ3) is 14.8. The van der Waals surface area contributed by atoms with Crippen molar-refractivity contribution in [3.05, 3.63) is 240 Å². The summed E-state index contributed by atoms with van der Waals surface area (Å²) in [7, 11) is 0. The number of hydrogen-bond donors (Lipinski definition) is 0. The molecule has 0 aliphatic rings. The van der Waals surface area contributed by atoms with Gasteiger partial charge in [0.1, 0.15) is 0 Å². The first-order valence-corrected chi connectivity index (χ1v) is 24.6. The van der Waals surface area contributed by atoms with E-state index in [9.17, 15) is 10.2 Å². The number of aryl methyl sites for hydroxylation is 4. The third-order valence-electron chi connectivity index (χ3n) is 12.5.